The Kier molecular flexibility index (Phi) is 5.19. The fourth-order valence-electron chi connectivity index (χ4n) is 1.06. The molecule has 0 spiro atoms. The zero-order chi connectivity index (χ0) is 10.4. The zero-order valence-corrected chi connectivity index (χ0v) is 10.1. The summed E-state index contributed by atoms with van der Waals surface area (Å²) in [7, 11) is 0. The zero-order valence-electron chi connectivity index (χ0n) is 8.49. The molecule has 80 valence electrons. The second-order valence-corrected chi connectivity index (χ2v) is 4.25. The van der Waals surface area contributed by atoms with Gasteiger partial charge in [-0.25, -0.2) is 0 Å². The van der Waals surface area contributed by atoms with E-state index in [1.165, 1.54) is 12.8 Å². The molecule has 1 heterocycles. The molecule has 1 aromatic rings. The highest BCUT2D eigenvalue weighted by Crippen LogP contribution is 2.20. The van der Waals surface area contributed by atoms with E-state index in [9.17, 15) is 0 Å². The average molecular weight is 235 g/mol. The van der Waals surface area contributed by atoms with Crippen LogP contribution in [0.4, 0.5) is 0 Å². The second-order valence-electron chi connectivity index (χ2n) is 3.36. The van der Waals surface area contributed by atoms with Gasteiger partial charge in [-0.15, -0.1) is 4.37 Å². The smallest absolute Gasteiger partial charge is 0.265 e. The summed E-state index contributed by atoms with van der Waals surface area (Å²) in [4.78, 5) is 0. The summed E-state index contributed by atoms with van der Waals surface area (Å²) in [6.45, 7) is 5.12. The number of hydrogen-bond donors (Lipinski definition) is 0. The van der Waals surface area contributed by atoms with Gasteiger partial charge in [-0.1, -0.05) is 31.9 Å². The molecule has 1 atom stereocenters. The fraction of sp³-hybridized carbons (Fsp3) is 0.778. The molecule has 3 nitrogen and oxygen atoms in total. The van der Waals surface area contributed by atoms with Crippen LogP contribution in [0, 0.1) is 5.92 Å². The van der Waals surface area contributed by atoms with Crippen molar-refractivity contribution in [2.75, 3.05) is 6.61 Å². The molecule has 0 aliphatic carbocycles. The Hall–Kier alpha value is -0.350. The van der Waals surface area contributed by atoms with Crippen molar-refractivity contribution in [3.63, 3.8) is 0 Å². The first kappa shape index (κ1) is 11.7. The first-order chi connectivity index (χ1) is 6.74. The van der Waals surface area contributed by atoms with Gasteiger partial charge < -0.3 is 4.74 Å². The standard InChI is InChI=1S/C9H15ClN2OS/c1-3-7(2)5-4-6-13-9-8(10)11-14-12-9/h7H,3-6H2,1-2H3. The number of ether oxygens (including phenoxy) is 1. The van der Waals surface area contributed by atoms with Gasteiger partial charge in [0, 0.05) is 0 Å². The lowest BCUT2D eigenvalue weighted by molar-refractivity contribution is 0.286. The summed E-state index contributed by atoms with van der Waals surface area (Å²) < 4.78 is 13.1. The minimum absolute atomic E-state index is 0.374. The van der Waals surface area contributed by atoms with Gasteiger partial charge in [-0.3, -0.25) is 0 Å². The van der Waals surface area contributed by atoms with E-state index in [4.69, 9.17) is 16.3 Å². The van der Waals surface area contributed by atoms with Gasteiger partial charge in [0.25, 0.3) is 5.88 Å². The quantitative estimate of drug-likeness (QED) is 0.708. The van der Waals surface area contributed by atoms with E-state index >= 15 is 0 Å². The summed E-state index contributed by atoms with van der Waals surface area (Å²) >= 11 is 6.80. The van der Waals surface area contributed by atoms with Crippen molar-refractivity contribution in [1.29, 1.82) is 0 Å². The Labute approximate surface area is 93.8 Å². The monoisotopic (exact) mass is 234 g/mol. The van der Waals surface area contributed by atoms with Gasteiger partial charge >= 0.3 is 0 Å². The van der Waals surface area contributed by atoms with Crippen LogP contribution in [0.1, 0.15) is 33.1 Å². The lowest BCUT2D eigenvalue weighted by atomic mass is 10.0. The Morgan fingerprint density at radius 2 is 2.29 bits per heavy atom. The van der Waals surface area contributed by atoms with Crippen molar-refractivity contribution < 1.29 is 4.74 Å². The third-order valence-corrected chi connectivity index (χ3v) is 3.06. The second kappa shape index (κ2) is 6.19. The third kappa shape index (κ3) is 3.80. The molecular formula is C9H15ClN2OS. The first-order valence-electron chi connectivity index (χ1n) is 4.85. The van der Waals surface area contributed by atoms with Crippen molar-refractivity contribution in [3.8, 4) is 5.88 Å². The number of nitrogens with zero attached hydrogens (tertiary/aromatic N) is 2. The van der Waals surface area contributed by atoms with Gasteiger partial charge in [0.1, 0.15) is 0 Å². The van der Waals surface area contributed by atoms with Crippen LogP contribution in [0.25, 0.3) is 0 Å². The van der Waals surface area contributed by atoms with Crippen molar-refractivity contribution in [1.82, 2.24) is 8.75 Å². The number of hydrogen-bond acceptors (Lipinski definition) is 4. The minimum atomic E-state index is 0.374. The molecule has 0 bridgehead atoms. The largest absolute Gasteiger partial charge is 0.475 e. The Morgan fingerprint density at radius 3 is 2.86 bits per heavy atom. The summed E-state index contributed by atoms with van der Waals surface area (Å²) in [5, 5.41) is 0.374. The molecule has 0 N–H and O–H groups in total. The molecule has 0 radical (unpaired) electrons. The van der Waals surface area contributed by atoms with Crippen molar-refractivity contribution in [2.45, 2.75) is 33.1 Å². The lowest BCUT2D eigenvalue weighted by Gasteiger charge is -2.07. The van der Waals surface area contributed by atoms with E-state index in [-0.39, 0.29) is 0 Å². The van der Waals surface area contributed by atoms with Crippen molar-refractivity contribution >= 4 is 23.3 Å². The Bertz CT molecular complexity index is 267. The van der Waals surface area contributed by atoms with E-state index in [0.717, 1.165) is 24.1 Å². The molecule has 0 aliphatic rings. The highest BCUT2D eigenvalue weighted by Gasteiger charge is 2.06. The van der Waals surface area contributed by atoms with Crippen LogP contribution in [0.2, 0.25) is 5.15 Å². The average Bonchev–Trinajstić information content (AvgIpc) is 2.58. The number of aromatic nitrogens is 2. The topological polar surface area (TPSA) is 35.0 Å². The molecule has 0 saturated carbocycles. The molecule has 0 aliphatic heterocycles. The SMILES string of the molecule is CCC(C)CCCOc1nsnc1Cl. The molecule has 1 rings (SSSR count). The fourth-order valence-corrected chi connectivity index (χ4v) is 1.70. The third-order valence-electron chi connectivity index (χ3n) is 2.20. The molecule has 0 aromatic carbocycles. The van der Waals surface area contributed by atoms with Gasteiger partial charge in [0.05, 0.1) is 18.3 Å². The van der Waals surface area contributed by atoms with Crippen LogP contribution in [0.15, 0.2) is 0 Å². The normalized spacial score (nSPS) is 12.8. The maximum atomic E-state index is 5.72. The van der Waals surface area contributed by atoms with E-state index in [1.807, 2.05) is 0 Å². The van der Waals surface area contributed by atoms with Crippen LogP contribution in [-0.2, 0) is 0 Å². The van der Waals surface area contributed by atoms with Crippen LogP contribution in [-0.4, -0.2) is 15.4 Å². The van der Waals surface area contributed by atoms with Crippen molar-refractivity contribution in [2.24, 2.45) is 5.92 Å². The molecule has 0 saturated heterocycles. The maximum absolute atomic E-state index is 5.72. The van der Waals surface area contributed by atoms with E-state index in [2.05, 4.69) is 22.6 Å². The highest BCUT2D eigenvalue weighted by molar-refractivity contribution is 6.99. The molecule has 5 heteroatoms. The van der Waals surface area contributed by atoms with Crippen molar-refractivity contribution in [3.05, 3.63) is 5.15 Å². The predicted molar refractivity (Wildman–Crippen MR) is 59.1 cm³/mol. The molecule has 14 heavy (non-hydrogen) atoms. The van der Waals surface area contributed by atoms with E-state index < -0.39 is 0 Å². The van der Waals surface area contributed by atoms with Gasteiger partial charge in [0.15, 0.2) is 0 Å². The van der Waals surface area contributed by atoms with Crippen LogP contribution in [0.3, 0.4) is 0 Å². The Balaban J connectivity index is 2.13. The van der Waals surface area contributed by atoms with Crippen LogP contribution >= 0.6 is 23.3 Å². The molecule has 1 unspecified atom stereocenters. The van der Waals surface area contributed by atoms with E-state index in [1.54, 1.807) is 0 Å². The van der Waals surface area contributed by atoms with Crippen LogP contribution in [0.5, 0.6) is 5.88 Å². The van der Waals surface area contributed by atoms with Gasteiger partial charge in [-0.05, 0) is 18.8 Å². The minimum Gasteiger partial charge on any atom is -0.475 e. The molecule has 1 aromatic heterocycles. The van der Waals surface area contributed by atoms with Gasteiger partial charge in [-0.2, -0.15) is 4.37 Å². The van der Waals surface area contributed by atoms with Crippen LogP contribution < -0.4 is 4.74 Å². The first-order valence-corrected chi connectivity index (χ1v) is 5.95. The van der Waals surface area contributed by atoms with Gasteiger partial charge in [0.2, 0.25) is 5.15 Å². The Morgan fingerprint density at radius 1 is 1.50 bits per heavy atom. The maximum Gasteiger partial charge on any atom is 0.265 e. The summed E-state index contributed by atoms with van der Waals surface area (Å²) in [5.74, 6) is 1.24. The summed E-state index contributed by atoms with van der Waals surface area (Å²) in [6, 6.07) is 0. The lowest BCUT2D eigenvalue weighted by Crippen LogP contribution is -2.01. The highest BCUT2D eigenvalue weighted by atomic mass is 35.5. The molecular weight excluding hydrogens is 220 g/mol. The summed E-state index contributed by atoms with van der Waals surface area (Å²) in [6.07, 6.45) is 3.45. The molecule has 0 amide bonds. The number of halogens is 1. The van der Waals surface area contributed by atoms with E-state index in [0.29, 0.717) is 17.6 Å². The molecule has 0 fully saturated rings. The number of rotatable bonds is 6. The summed E-state index contributed by atoms with van der Waals surface area (Å²) in [5.41, 5.74) is 0. The predicted octanol–water partition coefficient (Wildman–Crippen LogP) is 3.40.